The van der Waals surface area contributed by atoms with E-state index < -0.39 is 0 Å². The first kappa shape index (κ1) is 22.3. The minimum absolute atomic E-state index is 0. The van der Waals surface area contributed by atoms with E-state index in [0.29, 0.717) is 6.54 Å². The molecule has 2 aromatic carbocycles. The number of methoxy groups -OCH3 is 1. The molecular formula is C22H30IN3O2. The molecule has 152 valence electrons. The molecule has 0 saturated heterocycles. The molecule has 3 rings (SSSR count). The van der Waals surface area contributed by atoms with Gasteiger partial charge in [0.05, 0.1) is 20.3 Å². The average Bonchev–Trinajstić information content (AvgIpc) is 3.14. The normalized spacial score (nSPS) is 12.6. The summed E-state index contributed by atoms with van der Waals surface area (Å²) in [7, 11) is 1.70. The first-order valence-electron chi connectivity index (χ1n) is 9.60. The molecule has 28 heavy (non-hydrogen) atoms. The fourth-order valence-electron chi connectivity index (χ4n) is 3.21. The molecule has 0 unspecified atom stereocenters. The molecule has 2 aromatic rings. The van der Waals surface area contributed by atoms with Crippen LogP contribution in [0.5, 0.6) is 11.5 Å². The van der Waals surface area contributed by atoms with Gasteiger partial charge in [-0.15, -0.1) is 24.0 Å². The quantitative estimate of drug-likeness (QED) is 0.348. The number of hydrogen-bond donors (Lipinski definition) is 2. The van der Waals surface area contributed by atoms with Gasteiger partial charge in [0.15, 0.2) is 5.96 Å². The molecule has 0 radical (unpaired) electrons. The van der Waals surface area contributed by atoms with E-state index in [1.54, 1.807) is 7.11 Å². The Kier molecular flexibility index (Phi) is 8.89. The number of nitrogens with zero attached hydrogens (tertiary/aromatic N) is 1. The number of ether oxygens (including phenoxy) is 2. The zero-order chi connectivity index (χ0) is 19.1. The van der Waals surface area contributed by atoms with Gasteiger partial charge in [0.1, 0.15) is 11.5 Å². The van der Waals surface area contributed by atoms with Crippen molar-refractivity contribution in [3.8, 4) is 11.5 Å². The number of aliphatic imine (C=N–C) groups is 1. The topological polar surface area (TPSA) is 54.9 Å². The lowest BCUT2D eigenvalue weighted by Gasteiger charge is -2.13. The summed E-state index contributed by atoms with van der Waals surface area (Å²) in [4.78, 5) is 4.71. The van der Waals surface area contributed by atoms with Gasteiger partial charge in [-0.3, -0.25) is 0 Å². The van der Waals surface area contributed by atoms with Crippen LogP contribution in [0.15, 0.2) is 41.4 Å². The summed E-state index contributed by atoms with van der Waals surface area (Å²) in [6.45, 7) is 7.17. The number of rotatable bonds is 7. The number of nitrogens with one attached hydrogen (secondary N) is 2. The van der Waals surface area contributed by atoms with E-state index in [4.69, 9.17) is 14.5 Å². The monoisotopic (exact) mass is 495 g/mol. The predicted molar refractivity (Wildman–Crippen MR) is 125 cm³/mol. The average molecular weight is 495 g/mol. The number of fused-ring (bicyclic) bond motifs is 1. The summed E-state index contributed by atoms with van der Waals surface area (Å²) in [5.41, 5.74) is 4.91. The predicted octanol–water partition coefficient (Wildman–Crippen LogP) is 3.85. The van der Waals surface area contributed by atoms with Crippen molar-refractivity contribution in [2.45, 2.75) is 33.2 Å². The smallest absolute Gasteiger partial charge is 0.191 e. The van der Waals surface area contributed by atoms with Crippen molar-refractivity contribution in [3.05, 3.63) is 58.7 Å². The van der Waals surface area contributed by atoms with Gasteiger partial charge in [0.25, 0.3) is 0 Å². The van der Waals surface area contributed by atoms with Gasteiger partial charge in [0.2, 0.25) is 0 Å². The van der Waals surface area contributed by atoms with Crippen molar-refractivity contribution in [1.29, 1.82) is 0 Å². The molecule has 0 atom stereocenters. The van der Waals surface area contributed by atoms with Crippen LogP contribution < -0.4 is 20.1 Å². The molecule has 0 spiro atoms. The van der Waals surface area contributed by atoms with E-state index in [2.05, 4.69) is 54.8 Å². The fraction of sp³-hybridized carbons (Fsp3) is 0.409. The Morgan fingerprint density at radius 3 is 2.82 bits per heavy atom. The molecule has 1 heterocycles. The van der Waals surface area contributed by atoms with E-state index in [1.165, 1.54) is 16.7 Å². The van der Waals surface area contributed by atoms with E-state index in [-0.39, 0.29) is 24.0 Å². The molecule has 0 amide bonds. The van der Waals surface area contributed by atoms with Crippen LogP contribution in [0, 0.1) is 6.92 Å². The van der Waals surface area contributed by atoms with Crippen LogP contribution in [0.3, 0.4) is 0 Å². The third kappa shape index (κ3) is 6.02. The zero-order valence-corrected chi connectivity index (χ0v) is 19.2. The highest BCUT2D eigenvalue weighted by Gasteiger charge is 2.11. The van der Waals surface area contributed by atoms with Crippen LogP contribution >= 0.6 is 24.0 Å². The fourth-order valence-corrected chi connectivity index (χ4v) is 3.21. The number of guanidine groups is 1. The van der Waals surface area contributed by atoms with Gasteiger partial charge in [0, 0.05) is 25.1 Å². The Morgan fingerprint density at radius 2 is 2.04 bits per heavy atom. The number of benzene rings is 2. The zero-order valence-electron chi connectivity index (χ0n) is 16.9. The maximum absolute atomic E-state index is 5.57. The standard InChI is InChI=1S/C22H29N3O2.HI/c1-4-23-22(25-15-19-7-5-16(2)13-21(19)26-3)24-11-9-17-6-8-20-18(14-17)10-12-27-20;/h5-8,13-14H,4,9-12,15H2,1-3H3,(H2,23,24,25);1H. The highest BCUT2D eigenvalue weighted by molar-refractivity contribution is 14.0. The molecule has 0 aliphatic carbocycles. The van der Waals surface area contributed by atoms with Crippen LogP contribution in [-0.4, -0.2) is 32.8 Å². The van der Waals surface area contributed by atoms with Crippen molar-refractivity contribution >= 4 is 29.9 Å². The number of hydrogen-bond acceptors (Lipinski definition) is 3. The second kappa shape index (κ2) is 11.1. The van der Waals surface area contributed by atoms with E-state index in [9.17, 15) is 0 Å². The molecular weight excluding hydrogens is 465 g/mol. The largest absolute Gasteiger partial charge is 0.496 e. The van der Waals surface area contributed by atoms with Gasteiger partial charge in [-0.25, -0.2) is 4.99 Å². The molecule has 6 heteroatoms. The third-order valence-electron chi connectivity index (χ3n) is 4.65. The molecule has 1 aliphatic heterocycles. The first-order valence-corrected chi connectivity index (χ1v) is 9.60. The Hall–Kier alpha value is -1.96. The Morgan fingerprint density at radius 1 is 1.18 bits per heavy atom. The maximum atomic E-state index is 5.57. The Balaban J connectivity index is 0.00000280. The molecule has 2 N–H and O–H groups in total. The highest BCUT2D eigenvalue weighted by Crippen LogP contribution is 2.26. The second-order valence-electron chi connectivity index (χ2n) is 6.73. The molecule has 0 aromatic heterocycles. The third-order valence-corrected chi connectivity index (χ3v) is 4.65. The van der Waals surface area contributed by atoms with Gasteiger partial charge in [-0.2, -0.15) is 0 Å². The highest BCUT2D eigenvalue weighted by atomic mass is 127. The van der Waals surface area contributed by atoms with Gasteiger partial charge in [-0.1, -0.05) is 24.3 Å². The molecule has 0 saturated carbocycles. The van der Waals surface area contributed by atoms with Crippen molar-refractivity contribution in [2.75, 3.05) is 26.8 Å². The van der Waals surface area contributed by atoms with Gasteiger partial charge < -0.3 is 20.1 Å². The molecule has 1 aliphatic rings. The van der Waals surface area contributed by atoms with Crippen LogP contribution in [0.2, 0.25) is 0 Å². The summed E-state index contributed by atoms with van der Waals surface area (Å²) in [6.07, 6.45) is 1.96. The van der Waals surface area contributed by atoms with Crippen LogP contribution in [0.25, 0.3) is 0 Å². The van der Waals surface area contributed by atoms with Gasteiger partial charge >= 0.3 is 0 Å². The number of halogens is 1. The SMILES string of the molecule is CCNC(=NCc1ccc(C)cc1OC)NCCc1ccc2c(c1)CCO2.I. The van der Waals surface area contributed by atoms with Crippen LogP contribution in [0.4, 0.5) is 0 Å². The summed E-state index contributed by atoms with van der Waals surface area (Å²) in [6, 6.07) is 12.7. The van der Waals surface area contributed by atoms with Gasteiger partial charge in [-0.05, 0) is 49.1 Å². The van der Waals surface area contributed by atoms with Crippen molar-refractivity contribution < 1.29 is 9.47 Å². The molecule has 0 fully saturated rings. The second-order valence-corrected chi connectivity index (χ2v) is 6.73. The maximum Gasteiger partial charge on any atom is 0.191 e. The van der Waals surface area contributed by atoms with E-state index in [0.717, 1.165) is 55.6 Å². The summed E-state index contributed by atoms with van der Waals surface area (Å²) < 4.78 is 11.0. The lowest BCUT2D eigenvalue weighted by Crippen LogP contribution is -2.38. The van der Waals surface area contributed by atoms with Crippen molar-refractivity contribution in [3.63, 3.8) is 0 Å². The summed E-state index contributed by atoms with van der Waals surface area (Å²) >= 11 is 0. The molecule has 0 bridgehead atoms. The van der Waals surface area contributed by atoms with Crippen LogP contribution in [0.1, 0.15) is 29.2 Å². The Bertz CT molecular complexity index is 808. The van der Waals surface area contributed by atoms with Crippen molar-refractivity contribution in [1.82, 2.24) is 10.6 Å². The van der Waals surface area contributed by atoms with E-state index >= 15 is 0 Å². The first-order chi connectivity index (χ1) is 13.2. The minimum atomic E-state index is 0. The minimum Gasteiger partial charge on any atom is -0.496 e. The van der Waals surface area contributed by atoms with Crippen LogP contribution in [-0.2, 0) is 19.4 Å². The van der Waals surface area contributed by atoms with E-state index in [1.807, 2.05) is 6.07 Å². The molecule has 5 nitrogen and oxygen atoms in total. The number of aryl methyl sites for hydroxylation is 1. The Labute approximate surface area is 184 Å². The lowest BCUT2D eigenvalue weighted by molar-refractivity contribution is 0.357. The summed E-state index contributed by atoms with van der Waals surface area (Å²) in [5.74, 6) is 2.74. The lowest BCUT2D eigenvalue weighted by atomic mass is 10.1. The van der Waals surface area contributed by atoms with Crippen molar-refractivity contribution in [2.24, 2.45) is 4.99 Å². The summed E-state index contributed by atoms with van der Waals surface area (Å²) in [5, 5.41) is 6.73.